The van der Waals surface area contributed by atoms with Crippen molar-refractivity contribution in [2.45, 2.75) is 24.4 Å². The molecule has 0 radical (unpaired) electrons. The molecular weight excluding hydrogens is 410 g/mol. The molecule has 1 aromatic carbocycles. The SMILES string of the molecule is CCOc1ccc(-n2c(SCc3nccn3C(F)F)nnc2-c2ccncc2)cc1. The summed E-state index contributed by atoms with van der Waals surface area (Å²) in [5, 5.41) is 9.20. The predicted molar refractivity (Wildman–Crippen MR) is 109 cm³/mol. The number of imidazole rings is 1. The number of rotatable bonds is 8. The van der Waals surface area contributed by atoms with Gasteiger partial charge in [0.2, 0.25) is 0 Å². The largest absolute Gasteiger partial charge is 0.494 e. The Bertz CT molecular complexity index is 1100. The summed E-state index contributed by atoms with van der Waals surface area (Å²) in [5.41, 5.74) is 1.67. The molecule has 0 spiro atoms. The lowest BCUT2D eigenvalue weighted by Crippen LogP contribution is -2.04. The molecule has 30 heavy (non-hydrogen) atoms. The lowest BCUT2D eigenvalue weighted by Gasteiger charge is -2.12. The Labute approximate surface area is 175 Å². The molecule has 0 bridgehead atoms. The van der Waals surface area contributed by atoms with Crippen LogP contribution in [0.15, 0.2) is 66.3 Å². The number of hydrogen-bond acceptors (Lipinski definition) is 6. The number of pyridine rings is 1. The van der Waals surface area contributed by atoms with E-state index >= 15 is 0 Å². The van der Waals surface area contributed by atoms with Gasteiger partial charge >= 0.3 is 6.55 Å². The van der Waals surface area contributed by atoms with Gasteiger partial charge in [-0.15, -0.1) is 10.2 Å². The van der Waals surface area contributed by atoms with Crippen LogP contribution in [0.3, 0.4) is 0 Å². The van der Waals surface area contributed by atoms with Gasteiger partial charge in [-0.25, -0.2) is 4.98 Å². The van der Waals surface area contributed by atoms with E-state index in [1.54, 1.807) is 12.4 Å². The van der Waals surface area contributed by atoms with Crippen LogP contribution >= 0.6 is 11.8 Å². The second kappa shape index (κ2) is 9.04. The molecule has 0 amide bonds. The van der Waals surface area contributed by atoms with Crippen LogP contribution in [0, 0.1) is 0 Å². The van der Waals surface area contributed by atoms with E-state index < -0.39 is 6.55 Å². The average molecular weight is 428 g/mol. The van der Waals surface area contributed by atoms with E-state index in [4.69, 9.17) is 4.74 Å². The molecule has 154 valence electrons. The fraction of sp³-hybridized carbons (Fsp3) is 0.200. The number of thioether (sulfide) groups is 1. The van der Waals surface area contributed by atoms with E-state index in [0.29, 0.717) is 17.6 Å². The molecule has 0 atom stereocenters. The van der Waals surface area contributed by atoms with Gasteiger partial charge in [-0.2, -0.15) is 8.78 Å². The molecule has 4 rings (SSSR count). The smallest absolute Gasteiger partial charge is 0.319 e. The summed E-state index contributed by atoms with van der Waals surface area (Å²) in [6.45, 7) is -0.140. The number of benzene rings is 1. The molecule has 0 aliphatic rings. The molecule has 3 heterocycles. The third kappa shape index (κ3) is 4.18. The van der Waals surface area contributed by atoms with E-state index in [1.807, 2.05) is 47.9 Å². The van der Waals surface area contributed by atoms with Crippen molar-refractivity contribution in [3.8, 4) is 22.8 Å². The first-order valence-corrected chi connectivity index (χ1v) is 10.2. The molecular formula is C20H18F2N6OS. The van der Waals surface area contributed by atoms with Crippen LogP contribution in [0.2, 0.25) is 0 Å². The van der Waals surface area contributed by atoms with Gasteiger partial charge < -0.3 is 4.74 Å². The Kier molecular flexibility index (Phi) is 6.03. The van der Waals surface area contributed by atoms with Gasteiger partial charge in [-0.3, -0.25) is 14.1 Å². The maximum Gasteiger partial charge on any atom is 0.319 e. The molecule has 0 aliphatic carbocycles. The van der Waals surface area contributed by atoms with Crippen LogP contribution in [-0.4, -0.2) is 35.9 Å². The quantitative estimate of drug-likeness (QED) is 0.382. The third-order valence-electron chi connectivity index (χ3n) is 4.27. The average Bonchev–Trinajstić information content (AvgIpc) is 3.41. The second-order valence-corrected chi connectivity index (χ2v) is 7.06. The second-order valence-electron chi connectivity index (χ2n) is 6.12. The van der Waals surface area contributed by atoms with Crippen LogP contribution in [0.25, 0.3) is 17.1 Å². The minimum atomic E-state index is -2.64. The topological polar surface area (TPSA) is 70.7 Å². The number of nitrogens with zero attached hydrogens (tertiary/aromatic N) is 6. The van der Waals surface area contributed by atoms with Crippen LogP contribution in [0.4, 0.5) is 8.78 Å². The Morgan fingerprint density at radius 2 is 1.80 bits per heavy atom. The first kappa shape index (κ1) is 20.0. The fourth-order valence-electron chi connectivity index (χ4n) is 2.90. The number of halogens is 2. The van der Waals surface area contributed by atoms with Crippen molar-refractivity contribution in [2.75, 3.05) is 6.61 Å². The molecule has 10 heteroatoms. The number of hydrogen-bond donors (Lipinski definition) is 0. The molecule has 0 saturated carbocycles. The van der Waals surface area contributed by atoms with Crippen LogP contribution in [0.1, 0.15) is 19.3 Å². The van der Waals surface area contributed by atoms with Crippen molar-refractivity contribution in [2.24, 2.45) is 0 Å². The highest BCUT2D eigenvalue weighted by Gasteiger charge is 2.18. The molecule has 0 fully saturated rings. The van der Waals surface area contributed by atoms with Crippen LogP contribution < -0.4 is 4.74 Å². The van der Waals surface area contributed by atoms with Crippen LogP contribution in [0.5, 0.6) is 5.75 Å². The fourth-order valence-corrected chi connectivity index (χ4v) is 3.81. The highest BCUT2D eigenvalue weighted by Crippen LogP contribution is 2.30. The number of alkyl halides is 2. The summed E-state index contributed by atoms with van der Waals surface area (Å²) in [7, 11) is 0. The van der Waals surface area contributed by atoms with Gasteiger partial charge in [-0.1, -0.05) is 11.8 Å². The molecule has 0 saturated heterocycles. The van der Waals surface area contributed by atoms with Crippen molar-refractivity contribution in [3.05, 3.63) is 67.0 Å². The Hall–Kier alpha value is -3.27. The van der Waals surface area contributed by atoms with E-state index in [1.165, 1.54) is 24.2 Å². The first-order valence-electron chi connectivity index (χ1n) is 9.19. The number of aromatic nitrogens is 6. The Morgan fingerprint density at radius 3 is 2.50 bits per heavy atom. The Balaban J connectivity index is 1.70. The monoisotopic (exact) mass is 428 g/mol. The van der Waals surface area contributed by atoms with Crippen molar-refractivity contribution < 1.29 is 13.5 Å². The lowest BCUT2D eigenvalue weighted by molar-refractivity contribution is 0.0678. The summed E-state index contributed by atoms with van der Waals surface area (Å²) in [6, 6.07) is 11.2. The zero-order chi connectivity index (χ0) is 20.9. The van der Waals surface area contributed by atoms with Crippen molar-refractivity contribution in [1.82, 2.24) is 29.3 Å². The summed E-state index contributed by atoms with van der Waals surface area (Å²) in [5.74, 6) is 1.87. The molecule has 4 aromatic rings. The van der Waals surface area contributed by atoms with Gasteiger partial charge in [-0.05, 0) is 43.3 Å². The summed E-state index contributed by atoms with van der Waals surface area (Å²) in [6.07, 6.45) is 5.99. The maximum atomic E-state index is 13.1. The van der Waals surface area contributed by atoms with Gasteiger partial charge in [0.1, 0.15) is 11.6 Å². The van der Waals surface area contributed by atoms with Gasteiger partial charge in [0.05, 0.1) is 12.4 Å². The highest BCUT2D eigenvalue weighted by atomic mass is 32.2. The van der Waals surface area contributed by atoms with Gasteiger partial charge in [0, 0.05) is 36.0 Å². The third-order valence-corrected chi connectivity index (χ3v) is 5.19. The minimum Gasteiger partial charge on any atom is -0.494 e. The zero-order valence-electron chi connectivity index (χ0n) is 16.0. The molecule has 7 nitrogen and oxygen atoms in total. The lowest BCUT2D eigenvalue weighted by atomic mass is 10.2. The maximum absolute atomic E-state index is 13.1. The van der Waals surface area contributed by atoms with Crippen LogP contribution in [-0.2, 0) is 5.75 Å². The van der Waals surface area contributed by atoms with E-state index in [0.717, 1.165) is 21.6 Å². The predicted octanol–water partition coefficient (Wildman–Crippen LogP) is 4.61. The zero-order valence-corrected chi connectivity index (χ0v) is 16.8. The minimum absolute atomic E-state index is 0.225. The molecule has 0 unspecified atom stereocenters. The van der Waals surface area contributed by atoms with Gasteiger partial charge in [0.25, 0.3) is 0 Å². The summed E-state index contributed by atoms with van der Waals surface area (Å²) >= 11 is 1.29. The number of ether oxygens (including phenoxy) is 1. The first-order chi connectivity index (χ1) is 14.7. The molecule has 3 aromatic heterocycles. The van der Waals surface area contributed by atoms with Crippen molar-refractivity contribution in [1.29, 1.82) is 0 Å². The highest BCUT2D eigenvalue weighted by molar-refractivity contribution is 7.98. The summed E-state index contributed by atoms with van der Waals surface area (Å²) in [4.78, 5) is 8.08. The van der Waals surface area contributed by atoms with E-state index in [-0.39, 0.29) is 11.6 Å². The normalized spacial score (nSPS) is 11.2. The summed E-state index contributed by atoms with van der Waals surface area (Å²) < 4.78 is 34.5. The van der Waals surface area contributed by atoms with Gasteiger partial charge in [0.15, 0.2) is 11.0 Å². The van der Waals surface area contributed by atoms with Crippen molar-refractivity contribution in [3.63, 3.8) is 0 Å². The molecule has 0 N–H and O–H groups in total. The standard InChI is InChI=1S/C20H18F2N6OS/c1-2-29-16-5-3-15(4-6-16)28-18(14-7-9-23-10-8-14)25-26-20(28)30-13-17-24-11-12-27(17)19(21)22/h3-12,19H,2,13H2,1H3. The van der Waals surface area contributed by atoms with E-state index in [9.17, 15) is 8.78 Å². The Morgan fingerprint density at radius 1 is 1.03 bits per heavy atom. The van der Waals surface area contributed by atoms with E-state index in [2.05, 4.69) is 20.2 Å². The molecule has 0 aliphatic heterocycles. The van der Waals surface area contributed by atoms with Crippen molar-refractivity contribution >= 4 is 11.8 Å².